The molecule has 0 aliphatic carbocycles. The first-order chi connectivity index (χ1) is 9.85. The molecule has 0 aliphatic heterocycles. The molecule has 0 saturated heterocycles. The molecule has 0 saturated carbocycles. The molecular weight excluding hydrogens is 312 g/mol. The Balaban J connectivity index is 2.12. The predicted molar refractivity (Wildman–Crippen MR) is 79.8 cm³/mol. The molecular formula is C13H18N2O4S2. The normalized spacial score (nSPS) is 12.0. The van der Waals surface area contributed by atoms with E-state index in [-0.39, 0.29) is 23.8 Å². The fraction of sp³-hybridized carbons (Fsp3) is 0.462. The number of hydrogen-bond acceptors (Lipinski definition) is 6. The molecule has 21 heavy (non-hydrogen) atoms. The van der Waals surface area contributed by atoms with E-state index >= 15 is 0 Å². The molecule has 2 aromatic heterocycles. The molecule has 0 unspecified atom stereocenters. The fourth-order valence-corrected chi connectivity index (χ4v) is 4.37. The summed E-state index contributed by atoms with van der Waals surface area (Å²) in [6.07, 6.45) is 0.530. The number of nitrogens with one attached hydrogen (secondary N) is 1. The van der Waals surface area contributed by atoms with Gasteiger partial charge in [0.1, 0.15) is 16.4 Å². The minimum Gasteiger partial charge on any atom is -0.465 e. The number of rotatable bonds is 6. The average Bonchev–Trinajstić information content (AvgIpc) is 2.92. The van der Waals surface area contributed by atoms with E-state index in [4.69, 9.17) is 4.42 Å². The molecule has 2 aromatic rings. The summed E-state index contributed by atoms with van der Waals surface area (Å²) in [6.45, 7) is 4.99. The van der Waals surface area contributed by atoms with E-state index in [1.165, 1.54) is 11.3 Å². The number of aliphatic hydroxyl groups is 1. The largest absolute Gasteiger partial charge is 0.465 e. The molecule has 0 atom stereocenters. The zero-order valence-corrected chi connectivity index (χ0v) is 13.8. The maximum atomic E-state index is 12.3. The summed E-state index contributed by atoms with van der Waals surface area (Å²) < 4.78 is 32.5. The maximum absolute atomic E-state index is 12.3. The van der Waals surface area contributed by atoms with Gasteiger partial charge in [-0.3, -0.25) is 0 Å². The topological polar surface area (TPSA) is 92.4 Å². The number of furan rings is 1. The van der Waals surface area contributed by atoms with Crippen LogP contribution in [0.15, 0.2) is 14.7 Å². The van der Waals surface area contributed by atoms with Crippen molar-refractivity contribution in [2.75, 3.05) is 6.54 Å². The van der Waals surface area contributed by atoms with Crippen LogP contribution in [0.3, 0.4) is 0 Å². The van der Waals surface area contributed by atoms with Crippen molar-refractivity contribution in [3.8, 4) is 0 Å². The number of aromatic nitrogens is 1. The first-order valence-electron chi connectivity index (χ1n) is 6.45. The lowest BCUT2D eigenvalue weighted by molar-refractivity contribution is 0.276. The Morgan fingerprint density at radius 3 is 2.62 bits per heavy atom. The van der Waals surface area contributed by atoms with Crippen LogP contribution in [0.4, 0.5) is 0 Å². The van der Waals surface area contributed by atoms with Crippen molar-refractivity contribution >= 4 is 21.4 Å². The number of aliphatic hydroxyl groups excluding tert-OH is 1. The number of nitrogens with zero attached hydrogens (tertiary/aromatic N) is 1. The van der Waals surface area contributed by atoms with E-state index in [2.05, 4.69) is 9.71 Å². The van der Waals surface area contributed by atoms with Gasteiger partial charge in [0.15, 0.2) is 0 Å². The molecule has 2 rings (SSSR count). The Hall–Kier alpha value is -1.22. The standard InChI is InChI=1S/C13H18N2O4S2/c1-8-7-20-12(15-8)4-5-14-21(17,18)13-10(3)19-9(2)11(13)6-16/h7,14,16H,4-6H2,1-3H3. The number of aryl methyl sites for hydroxylation is 3. The van der Waals surface area contributed by atoms with E-state index < -0.39 is 10.0 Å². The summed E-state index contributed by atoms with van der Waals surface area (Å²) in [6, 6.07) is 0. The molecule has 0 bridgehead atoms. The SMILES string of the molecule is Cc1csc(CCNS(=O)(=O)c2c(C)oc(C)c2CO)n1. The highest BCUT2D eigenvalue weighted by molar-refractivity contribution is 7.89. The van der Waals surface area contributed by atoms with Gasteiger partial charge in [-0.25, -0.2) is 18.1 Å². The Morgan fingerprint density at radius 2 is 2.05 bits per heavy atom. The number of thiazole rings is 1. The monoisotopic (exact) mass is 330 g/mol. The van der Waals surface area contributed by atoms with Crippen LogP contribution in [0.1, 0.15) is 27.8 Å². The van der Waals surface area contributed by atoms with Crippen molar-refractivity contribution in [2.24, 2.45) is 0 Å². The van der Waals surface area contributed by atoms with Crippen molar-refractivity contribution < 1.29 is 17.9 Å². The van der Waals surface area contributed by atoms with Gasteiger partial charge >= 0.3 is 0 Å². The lowest BCUT2D eigenvalue weighted by Crippen LogP contribution is -2.27. The highest BCUT2D eigenvalue weighted by Crippen LogP contribution is 2.26. The molecule has 0 fully saturated rings. The van der Waals surface area contributed by atoms with Crippen molar-refractivity contribution in [2.45, 2.75) is 38.7 Å². The molecule has 8 heteroatoms. The lowest BCUT2D eigenvalue weighted by atomic mass is 10.2. The average molecular weight is 330 g/mol. The maximum Gasteiger partial charge on any atom is 0.244 e. The van der Waals surface area contributed by atoms with Crippen LogP contribution in [0.25, 0.3) is 0 Å². The van der Waals surface area contributed by atoms with Crippen LogP contribution in [-0.2, 0) is 23.1 Å². The smallest absolute Gasteiger partial charge is 0.244 e. The van der Waals surface area contributed by atoms with Gasteiger partial charge in [0.25, 0.3) is 0 Å². The summed E-state index contributed by atoms with van der Waals surface area (Å²) >= 11 is 1.51. The van der Waals surface area contributed by atoms with Crippen LogP contribution in [0.2, 0.25) is 0 Å². The summed E-state index contributed by atoms with van der Waals surface area (Å²) in [5.41, 5.74) is 1.24. The molecule has 0 spiro atoms. The summed E-state index contributed by atoms with van der Waals surface area (Å²) in [5, 5.41) is 12.1. The van der Waals surface area contributed by atoms with E-state index in [1.807, 2.05) is 12.3 Å². The molecule has 0 aromatic carbocycles. The van der Waals surface area contributed by atoms with Gasteiger partial charge in [-0.05, 0) is 20.8 Å². The minimum absolute atomic E-state index is 0.0396. The molecule has 0 aliphatic rings. The summed E-state index contributed by atoms with van der Waals surface area (Å²) in [5.74, 6) is 0.708. The summed E-state index contributed by atoms with van der Waals surface area (Å²) in [4.78, 5) is 4.32. The number of hydrogen-bond donors (Lipinski definition) is 2. The highest BCUT2D eigenvalue weighted by Gasteiger charge is 2.26. The number of sulfonamides is 1. The molecule has 0 radical (unpaired) electrons. The molecule has 6 nitrogen and oxygen atoms in total. The Labute approximate surface area is 127 Å². The third-order valence-electron chi connectivity index (χ3n) is 3.05. The minimum atomic E-state index is -3.70. The lowest BCUT2D eigenvalue weighted by Gasteiger charge is -2.06. The quantitative estimate of drug-likeness (QED) is 0.840. The zero-order chi connectivity index (χ0) is 15.6. The third kappa shape index (κ3) is 3.52. The predicted octanol–water partition coefficient (Wildman–Crippen LogP) is 1.67. The van der Waals surface area contributed by atoms with E-state index in [0.717, 1.165) is 10.7 Å². The highest BCUT2D eigenvalue weighted by atomic mass is 32.2. The Kier molecular flexibility index (Phi) is 4.82. The van der Waals surface area contributed by atoms with Crippen molar-refractivity contribution in [1.82, 2.24) is 9.71 Å². The van der Waals surface area contributed by atoms with Gasteiger partial charge < -0.3 is 9.52 Å². The van der Waals surface area contributed by atoms with E-state index in [1.54, 1.807) is 13.8 Å². The molecule has 0 amide bonds. The van der Waals surface area contributed by atoms with Gasteiger partial charge in [0.2, 0.25) is 10.0 Å². The van der Waals surface area contributed by atoms with Crippen LogP contribution >= 0.6 is 11.3 Å². The molecule has 2 heterocycles. The Morgan fingerprint density at radius 1 is 1.33 bits per heavy atom. The van der Waals surface area contributed by atoms with Gasteiger partial charge in [0, 0.05) is 29.6 Å². The van der Waals surface area contributed by atoms with Crippen LogP contribution in [0.5, 0.6) is 0 Å². The summed E-state index contributed by atoms with van der Waals surface area (Å²) in [7, 11) is -3.70. The van der Waals surface area contributed by atoms with Crippen molar-refractivity contribution in [3.05, 3.63) is 33.2 Å². The molecule has 116 valence electrons. The zero-order valence-electron chi connectivity index (χ0n) is 12.1. The second kappa shape index (κ2) is 6.27. The van der Waals surface area contributed by atoms with Gasteiger partial charge in [-0.15, -0.1) is 11.3 Å². The van der Waals surface area contributed by atoms with Gasteiger partial charge in [-0.1, -0.05) is 0 Å². The van der Waals surface area contributed by atoms with Crippen molar-refractivity contribution in [3.63, 3.8) is 0 Å². The fourth-order valence-electron chi connectivity index (χ4n) is 2.13. The van der Waals surface area contributed by atoms with E-state index in [9.17, 15) is 13.5 Å². The van der Waals surface area contributed by atoms with Gasteiger partial charge in [-0.2, -0.15) is 0 Å². The van der Waals surface area contributed by atoms with Crippen LogP contribution < -0.4 is 4.72 Å². The van der Waals surface area contributed by atoms with Crippen LogP contribution in [-0.4, -0.2) is 25.1 Å². The van der Waals surface area contributed by atoms with Gasteiger partial charge in [0.05, 0.1) is 11.6 Å². The Bertz CT molecular complexity index is 731. The van der Waals surface area contributed by atoms with E-state index in [0.29, 0.717) is 17.7 Å². The van der Waals surface area contributed by atoms with Crippen LogP contribution in [0, 0.1) is 20.8 Å². The van der Waals surface area contributed by atoms with Crippen molar-refractivity contribution in [1.29, 1.82) is 0 Å². The third-order valence-corrected chi connectivity index (χ3v) is 5.73. The second-order valence-corrected chi connectivity index (χ2v) is 7.36. The first-order valence-corrected chi connectivity index (χ1v) is 8.82. The first kappa shape index (κ1) is 16.2. The second-order valence-electron chi connectivity index (χ2n) is 4.71. The molecule has 2 N–H and O–H groups in total.